The first-order valence-corrected chi connectivity index (χ1v) is 8.68. The van der Waals surface area contributed by atoms with Crippen molar-refractivity contribution in [3.63, 3.8) is 0 Å². The summed E-state index contributed by atoms with van der Waals surface area (Å²) >= 11 is 3.46. The van der Waals surface area contributed by atoms with Gasteiger partial charge in [-0.05, 0) is 43.0 Å². The van der Waals surface area contributed by atoms with Gasteiger partial charge in [-0.15, -0.1) is 0 Å². The Morgan fingerprint density at radius 3 is 2.92 bits per heavy atom. The number of carbonyl (C=O) groups is 1. The van der Waals surface area contributed by atoms with Gasteiger partial charge in [-0.1, -0.05) is 22.9 Å². The molecule has 2 N–H and O–H groups in total. The first kappa shape index (κ1) is 17.3. The molecule has 0 fully saturated rings. The number of hydrogen-bond donors (Lipinski definition) is 2. The summed E-state index contributed by atoms with van der Waals surface area (Å²) in [5.74, 6) is -1.59. The number of rotatable bonds is 3. The molecule has 1 heterocycles. The molecule has 0 aliphatic heterocycles. The van der Waals surface area contributed by atoms with E-state index >= 15 is 0 Å². The van der Waals surface area contributed by atoms with Crippen LogP contribution in [-0.4, -0.2) is 23.1 Å². The van der Waals surface area contributed by atoms with E-state index in [1.54, 1.807) is 0 Å². The van der Waals surface area contributed by atoms with E-state index in [0.717, 1.165) is 39.5 Å². The summed E-state index contributed by atoms with van der Waals surface area (Å²) in [4.78, 5) is 15.4. The molecule has 1 aromatic heterocycles. The summed E-state index contributed by atoms with van der Waals surface area (Å²) in [6, 6.07) is 5.86. The highest BCUT2D eigenvalue weighted by atomic mass is 79.9. The van der Waals surface area contributed by atoms with Gasteiger partial charge in [-0.25, -0.2) is 0 Å². The van der Waals surface area contributed by atoms with E-state index in [2.05, 4.69) is 26.2 Å². The van der Waals surface area contributed by atoms with Crippen LogP contribution >= 0.6 is 15.9 Å². The molecule has 24 heavy (non-hydrogen) atoms. The van der Waals surface area contributed by atoms with Crippen molar-refractivity contribution in [2.75, 3.05) is 0 Å². The zero-order valence-corrected chi connectivity index (χ0v) is 14.7. The van der Waals surface area contributed by atoms with Crippen molar-refractivity contribution in [3.8, 4) is 0 Å². The Balaban J connectivity index is 1.72. The van der Waals surface area contributed by atoms with Crippen molar-refractivity contribution in [3.05, 3.63) is 33.9 Å². The Morgan fingerprint density at radius 2 is 2.21 bits per heavy atom. The average molecular weight is 403 g/mol. The third kappa shape index (κ3) is 3.77. The van der Waals surface area contributed by atoms with Crippen molar-refractivity contribution >= 4 is 32.7 Å². The van der Waals surface area contributed by atoms with Crippen LogP contribution in [0.1, 0.15) is 31.0 Å². The van der Waals surface area contributed by atoms with E-state index in [1.807, 2.05) is 18.2 Å². The summed E-state index contributed by atoms with van der Waals surface area (Å²) < 4.78 is 38.2. The maximum atomic E-state index is 12.4. The van der Waals surface area contributed by atoms with E-state index in [-0.39, 0.29) is 6.04 Å². The molecule has 3 nitrogen and oxygen atoms in total. The van der Waals surface area contributed by atoms with Gasteiger partial charge in [0.15, 0.2) is 0 Å². The number of aromatic amines is 1. The van der Waals surface area contributed by atoms with E-state index in [9.17, 15) is 18.0 Å². The Labute approximate surface area is 146 Å². The molecule has 0 saturated heterocycles. The van der Waals surface area contributed by atoms with Crippen LogP contribution in [0.3, 0.4) is 0 Å². The summed E-state index contributed by atoms with van der Waals surface area (Å²) in [5.41, 5.74) is 3.34. The van der Waals surface area contributed by atoms with Crippen molar-refractivity contribution in [2.45, 2.75) is 44.8 Å². The van der Waals surface area contributed by atoms with Gasteiger partial charge >= 0.3 is 6.18 Å². The van der Waals surface area contributed by atoms with Gasteiger partial charge in [0.05, 0.1) is 6.42 Å². The molecule has 1 amide bonds. The van der Waals surface area contributed by atoms with Gasteiger partial charge < -0.3 is 10.3 Å². The molecule has 2 atom stereocenters. The van der Waals surface area contributed by atoms with Gasteiger partial charge in [-0.3, -0.25) is 4.79 Å². The maximum Gasteiger partial charge on any atom is 0.389 e. The Hall–Kier alpha value is -1.50. The second-order valence-electron chi connectivity index (χ2n) is 6.44. The quantitative estimate of drug-likeness (QED) is 0.780. The van der Waals surface area contributed by atoms with Crippen molar-refractivity contribution < 1.29 is 18.0 Å². The van der Waals surface area contributed by atoms with Crippen molar-refractivity contribution in [1.29, 1.82) is 0 Å². The number of benzene rings is 1. The molecule has 3 rings (SSSR count). The Morgan fingerprint density at radius 1 is 1.46 bits per heavy atom. The number of fused-ring (bicyclic) bond motifs is 3. The molecule has 0 saturated carbocycles. The zero-order valence-electron chi connectivity index (χ0n) is 13.1. The lowest BCUT2D eigenvalue weighted by Gasteiger charge is -2.25. The van der Waals surface area contributed by atoms with E-state index < -0.39 is 24.4 Å². The number of hydrogen-bond acceptors (Lipinski definition) is 1. The van der Waals surface area contributed by atoms with E-state index in [1.165, 1.54) is 6.92 Å². The van der Waals surface area contributed by atoms with Crippen LogP contribution in [0, 0.1) is 5.92 Å². The summed E-state index contributed by atoms with van der Waals surface area (Å²) in [6.45, 7) is 1.32. The molecule has 1 aliphatic rings. The Kier molecular flexibility index (Phi) is 4.64. The number of alkyl halides is 3. The highest BCUT2D eigenvalue weighted by Crippen LogP contribution is 2.31. The molecule has 1 aliphatic carbocycles. The minimum Gasteiger partial charge on any atom is -0.358 e. The standard InChI is InChI=1S/C17H18BrF3N2O/c1-9(8-17(19,20)21)16(24)22-11-3-5-15-13(7-11)12-6-10(18)2-4-14(12)23-15/h2,4,6,9,11,23H,3,5,7-8H2,1H3,(H,22,24)/t9-,11+/m0/s1. The molecular weight excluding hydrogens is 385 g/mol. The molecule has 1 aromatic carbocycles. The van der Waals surface area contributed by atoms with Crippen LogP contribution in [-0.2, 0) is 17.6 Å². The molecule has 0 spiro atoms. The second-order valence-corrected chi connectivity index (χ2v) is 7.36. The number of amides is 1. The van der Waals surface area contributed by atoms with E-state index in [4.69, 9.17) is 0 Å². The highest BCUT2D eigenvalue weighted by molar-refractivity contribution is 9.10. The van der Waals surface area contributed by atoms with Gasteiger partial charge in [0.1, 0.15) is 0 Å². The summed E-state index contributed by atoms with van der Waals surface area (Å²) in [7, 11) is 0. The first-order valence-electron chi connectivity index (χ1n) is 7.89. The maximum absolute atomic E-state index is 12.4. The SMILES string of the molecule is C[C@@H](CC(F)(F)F)C(=O)N[C@@H]1CCc2[nH]c3ccc(Br)cc3c2C1. The molecule has 0 unspecified atom stereocenters. The second kappa shape index (κ2) is 6.43. The van der Waals surface area contributed by atoms with Crippen LogP contribution in [0.25, 0.3) is 10.9 Å². The molecule has 130 valence electrons. The topological polar surface area (TPSA) is 44.9 Å². The van der Waals surface area contributed by atoms with Crippen LogP contribution in [0.15, 0.2) is 22.7 Å². The third-order valence-corrected chi connectivity index (χ3v) is 4.97. The number of nitrogens with one attached hydrogen (secondary N) is 2. The fraction of sp³-hybridized carbons (Fsp3) is 0.471. The minimum atomic E-state index is -4.32. The molecule has 0 radical (unpaired) electrons. The number of aromatic nitrogens is 1. The molecule has 2 aromatic rings. The molecular formula is C17H18BrF3N2O. The monoisotopic (exact) mass is 402 g/mol. The zero-order chi connectivity index (χ0) is 17.5. The number of halogens is 4. The van der Waals surface area contributed by atoms with Crippen LogP contribution in [0.5, 0.6) is 0 Å². The third-order valence-electron chi connectivity index (χ3n) is 4.48. The normalized spacial score (nSPS) is 19.1. The predicted molar refractivity (Wildman–Crippen MR) is 89.8 cm³/mol. The lowest BCUT2D eigenvalue weighted by atomic mass is 9.91. The fourth-order valence-electron chi connectivity index (χ4n) is 3.30. The van der Waals surface area contributed by atoms with Gasteiger partial charge in [0, 0.05) is 33.0 Å². The van der Waals surface area contributed by atoms with Crippen LogP contribution in [0.4, 0.5) is 13.2 Å². The average Bonchev–Trinajstić information content (AvgIpc) is 2.83. The van der Waals surface area contributed by atoms with Crippen LogP contribution < -0.4 is 5.32 Å². The van der Waals surface area contributed by atoms with Crippen LogP contribution in [0.2, 0.25) is 0 Å². The van der Waals surface area contributed by atoms with Gasteiger partial charge in [0.25, 0.3) is 0 Å². The van der Waals surface area contributed by atoms with E-state index in [0.29, 0.717) is 6.42 Å². The van der Waals surface area contributed by atoms with Crippen molar-refractivity contribution in [1.82, 2.24) is 10.3 Å². The smallest absolute Gasteiger partial charge is 0.358 e. The number of carbonyl (C=O) groups excluding carboxylic acids is 1. The lowest BCUT2D eigenvalue weighted by Crippen LogP contribution is -2.42. The number of aryl methyl sites for hydroxylation is 1. The fourth-order valence-corrected chi connectivity index (χ4v) is 3.66. The minimum absolute atomic E-state index is 0.126. The molecule has 7 heteroatoms. The Bertz CT molecular complexity index is 769. The first-order chi connectivity index (χ1) is 11.2. The summed E-state index contributed by atoms with van der Waals surface area (Å²) in [5, 5.41) is 3.89. The predicted octanol–water partition coefficient (Wildman–Crippen LogP) is 4.49. The van der Waals surface area contributed by atoms with Gasteiger partial charge in [-0.2, -0.15) is 13.2 Å². The van der Waals surface area contributed by atoms with Crippen molar-refractivity contribution in [2.24, 2.45) is 5.92 Å². The van der Waals surface area contributed by atoms with Gasteiger partial charge in [0.2, 0.25) is 5.91 Å². The largest absolute Gasteiger partial charge is 0.389 e. The summed E-state index contributed by atoms with van der Waals surface area (Å²) in [6.07, 6.45) is -3.27. The molecule has 0 bridgehead atoms. The number of H-pyrrole nitrogens is 1. The lowest BCUT2D eigenvalue weighted by molar-refractivity contribution is -0.153. The highest BCUT2D eigenvalue weighted by Gasteiger charge is 2.34.